The van der Waals surface area contributed by atoms with Crippen LogP contribution >= 0.6 is 0 Å². The highest BCUT2D eigenvalue weighted by atomic mass is 19.1. The molecule has 2 saturated heterocycles. The van der Waals surface area contributed by atoms with Crippen molar-refractivity contribution >= 4 is 5.69 Å². The Morgan fingerprint density at radius 2 is 1.63 bits per heavy atom. The van der Waals surface area contributed by atoms with Crippen LogP contribution in [-0.2, 0) is 9.47 Å². The normalized spacial score (nSPS) is 17.6. The van der Waals surface area contributed by atoms with E-state index in [1.807, 2.05) is 18.3 Å². The van der Waals surface area contributed by atoms with Gasteiger partial charge in [0, 0.05) is 30.5 Å². The molecule has 1 aromatic heterocycles. The average Bonchev–Trinajstić information content (AvgIpc) is 3.49. The lowest BCUT2D eigenvalue weighted by atomic mass is 10.0. The molecule has 3 aromatic rings. The minimum Gasteiger partial charge on any atom is -0.504 e. The van der Waals surface area contributed by atoms with E-state index in [-0.39, 0.29) is 0 Å². The number of halogens is 1. The maximum Gasteiger partial charge on any atom is 0.187 e. The van der Waals surface area contributed by atoms with E-state index in [2.05, 4.69) is 22.1 Å². The fraction of sp³-hybridized carbons (Fsp3) is 0.348. The van der Waals surface area contributed by atoms with Crippen LogP contribution in [0, 0.1) is 5.82 Å². The molecule has 7 heteroatoms. The molecule has 2 fully saturated rings. The zero-order valence-corrected chi connectivity index (χ0v) is 16.6. The molecule has 0 aliphatic carbocycles. The second kappa shape index (κ2) is 8.08. The number of aromatic nitrogens is 2. The summed E-state index contributed by atoms with van der Waals surface area (Å²) in [5, 5.41) is 14.6. The van der Waals surface area contributed by atoms with Gasteiger partial charge in [-0.05, 0) is 61.2 Å². The molecule has 0 radical (unpaired) electrons. The molecular formula is C23H24FN3O3. The third-order valence-electron chi connectivity index (χ3n) is 5.68. The van der Waals surface area contributed by atoms with Crippen molar-refractivity contribution in [1.82, 2.24) is 9.78 Å². The molecule has 30 heavy (non-hydrogen) atoms. The lowest BCUT2D eigenvalue weighted by molar-refractivity contribution is -0.183. The highest BCUT2D eigenvalue weighted by Gasteiger charge is 2.23. The zero-order valence-electron chi connectivity index (χ0n) is 16.6. The number of phenols is 1. The van der Waals surface area contributed by atoms with Gasteiger partial charge in [-0.2, -0.15) is 5.10 Å². The van der Waals surface area contributed by atoms with E-state index in [0.29, 0.717) is 24.3 Å². The molecule has 0 atom stereocenters. The van der Waals surface area contributed by atoms with Gasteiger partial charge in [-0.25, -0.2) is 9.07 Å². The molecule has 0 bridgehead atoms. The molecular weight excluding hydrogens is 385 g/mol. The molecule has 2 aliphatic heterocycles. The standard InChI is InChI=1S/C23H24FN3O3/c24-21-13-16(12-20(22(21)28)23-29-10-3-11-30-23)17-14-25-27(15-17)19-6-4-18(5-7-19)26-8-1-2-9-26/h4-7,12-15,23,28H,1-3,8-11H2. The van der Waals surface area contributed by atoms with Gasteiger partial charge < -0.3 is 19.5 Å². The summed E-state index contributed by atoms with van der Waals surface area (Å²) in [6, 6.07) is 11.3. The summed E-state index contributed by atoms with van der Waals surface area (Å²) in [5.41, 5.74) is 3.81. The third kappa shape index (κ3) is 3.66. The second-order valence-electron chi connectivity index (χ2n) is 7.71. The quantitative estimate of drug-likeness (QED) is 0.691. The van der Waals surface area contributed by atoms with Crippen LogP contribution < -0.4 is 4.90 Å². The zero-order chi connectivity index (χ0) is 20.5. The van der Waals surface area contributed by atoms with Crippen molar-refractivity contribution in [2.75, 3.05) is 31.2 Å². The Hall–Kier alpha value is -2.90. The van der Waals surface area contributed by atoms with Crippen LogP contribution in [0.1, 0.15) is 31.1 Å². The van der Waals surface area contributed by atoms with Crippen molar-refractivity contribution in [3.63, 3.8) is 0 Å². The summed E-state index contributed by atoms with van der Waals surface area (Å²) >= 11 is 0. The first-order valence-corrected chi connectivity index (χ1v) is 10.3. The number of nitrogens with zero attached hydrogens (tertiary/aromatic N) is 3. The number of hydrogen-bond acceptors (Lipinski definition) is 5. The van der Waals surface area contributed by atoms with E-state index in [9.17, 15) is 9.50 Å². The van der Waals surface area contributed by atoms with Crippen LogP contribution in [0.5, 0.6) is 5.75 Å². The summed E-state index contributed by atoms with van der Waals surface area (Å²) in [4.78, 5) is 2.38. The molecule has 5 rings (SSSR count). The second-order valence-corrected chi connectivity index (χ2v) is 7.71. The van der Waals surface area contributed by atoms with Crippen molar-refractivity contribution in [2.24, 2.45) is 0 Å². The lowest BCUT2D eigenvalue weighted by Crippen LogP contribution is -2.18. The fourth-order valence-electron chi connectivity index (χ4n) is 4.04. The van der Waals surface area contributed by atoms with Gasteiger partial charge >= 0.3 is 0 Å². The first-order chi connectivity index (χ1) is 14.7. The van der Waals surface area contributed by atoms with E-state index in [0.717, 1.165) is 30.8 Å². The van der Waals surface area contributed by atoms with E-state index < -0.39 is 17.9 Å². The van der Waals surface area contributed by atoms with E-state index in [1.54, 1.807) is 16.9 Å². The molecule has 0 amide bonds. The van der Waals surface area contributed by atoms with Crippen molar-refractivity contribution < 1.29 is 19.0 Å². The smallest absolute Gasteiger partial charge is 0.187 e. The lowest BCUT2D eigenvalue weighted by Gasteiger charge is -2.24. The van der Waals surface area contributed by atoms with Gasteiger partial charge in [0.15, 0.2) is 17.9 Å². The summed E-state index contributed by atoms with van der Waals surface area (Å²) in [6.07, 6.45) is 6.04. The van der Waals surface area contributed by atoms with Gasteiger partial charge in [0.2, 0.25) is 0 Å². The fourth-order valence-corrected chi connectivity index (χ4v) is 4.04. The number of aromatic hydroxyl groups is 1. The number of anilines is 1. The minimum atomic E-state index is -0.763. The Morgan fingerprint density at radius 3 is 2.37 bits per heavy atom. The van der Waals surface area contributed by atoms with Crippen LogP contribution in [0.15, 0.2) is 48.8 Å². The van der Waals surface area contributed by atoms with Crippen LogP contribution in [0.2, 0.25) is 0 Å². The SMILES string of the molecule is Oc1c(F)cc(-c2cnn(-c3ccc(N4CCCC4)cc3)c2)cc1C1OCCCO1. The van der Waals surface area contributed by atoms with Crippen molar-refractivity contribution in [3.8, 4) is 22.6 Å². The molecule has 2 aliphatic rings. The Kier molecular flexibility index (Phi) is 5.14. The van der Waals surface area contributed by atoms with Gasteiger partial charge in [0.1, 0.15) is 0 Å². The molecule has 0 spiro atoms. The highest BCUT2D eigenvalue weighted by Crippen LogP contribution is 2.36. The highest BCUT2D eigenvalue weighted by molar-refractivity contribution is 5.65. The van der Waals surface area contributed by atoms with Gasteiger partial charge in [-0.1, -0.05) is 0 Å². The van der Waals surface area contributed by atoms with E-state index in [1.165, 1.54) is 24.6 Å². The van der Waals surface area contributed by atoms with Gasteiger partial charge in [0.05, 0.1) is 30.7 Å². The summed E-state index contributed by atoms with van der Waals surface area (Å²) < 4.78 is 27.3. The molecule has 0 saturated carbocycles. The number of hydrogen-bond donors (Lipinski definition) is 1. The third-order valence-corrected chi connectivity index (χ3v) is 5.68. The van der Waals surface area contributed by atoms with Crippen molar-refractivity contribution in [1.29, 1.82) is 0 Å². The summed E-state index contributed by atoms with van der Waals surface area (Å²) in [7, 11) is 0. The molecule has 6 nitrogen and oxygen atoms in total. The maximum atomic E-state index is 14.4. The van der Waals surface area contributed by atoms with E-state index >= 15 is 0 Å². The predicted molar refractivity (Wildman–Crippen MR) is 111 cm³/mol. The Bertz CT molecular complexity index is 1020. The van der Waals surface area contributed by atoms with Crippen LogP contribution in [0.3, 0.4) is 0 Å². The number of benzene rings is 2. The Balaban J connectivity index is 1.41. The first kappa shape index (κ1) is 19.1. The largest absolute Gasteiger partial charge is 0.504 e. The Morgan fingerprint density at radius 1 is 0.933 bits per heavy atom. The molecule has 0 unspecified atom stereocenters. The number of ether oxygens (including phenoxy) is 2. The maximum absolute atomic E-state index is 14.4. The topological polar surface area (TPSA) is 59.8 Å². The molecule has 156 valence electrons. The van der Waals surface area contributed by atoms with Crippen LogP contribution in [0.4, 0.5) is 10.1 Å². The van der Waals surface area contributed by atoms with Crippen LogP contribution in [-0.4, -0.2) is 41.2 Å². The minimum absolute atomic E-state index is 0.299. The molecule has 2 aromatic carbocycles. The average molecular weight is 409 g/mol. The van der Waals surface area contributed by atoms with Crippen LogP contribution in [0.25, 0.3) is 16.8 Å². The Labute approximate surface area is 174 Å². The first-order valence-electron chi connectivity index (χ1n) is 10.3. The molecule has 1 N–H and O–H groups in total. The van der Waals surface area contributed by atoms with E-state index in [4.69, 9.17) is 9.47 Å². The van der Waals surface area contributed by atoms with Crippen molar-refractivity contribution in [3.05, 3.63) is 60.2 Å². The van der Waals surface area contributed by atoms with Gasteiger partial charge in [-0.15, -0.1) is 0 Å². The van der Waals surface area contributed by atoms with Gasteiger partial charge in [-0.3, -0.25) is 0 Å². The summed E-state index contributed by atoms with van der Waals surface area (Å²) in [5.74, 6) is -1.14. The van der Waals surface area contributed by atoms with Crippen molar-refractivity contribution in [2.45, 2.75) is 25.6 Å². The summed E-state index contributed by atoms with van der Waals surface area (Å²) in [6.45, 7) is 3.24. The molecule has 3 heterocycles. The number of phenolic OH excluding ortho intramolecular Hbond substituents is 1. The van der Waals surface area contributed by atoms with Gasteiger partial charge in [0.25, 0.3) is 0 Å². The monoisotopic (exact) mass is 409 g/mol. The number of rotatable bonds is 4. The predicted octanol–water partition coefficient (Wildman–Crippen LogP) is 4.42.